The summed E-state index contributed by atoms with van der Waals surface area (Å²) >= 11 is 0. The Labute approximate surface area is 94.5 Å². The van der Waals surface area contributed by atoms with E-state index in [0.29, 0.717) is 0 Å². The van der Waals surface area contributed by atoms with Gasteiger partial charge in [-0.1, -0.05) is 0 Å². The molecule has 0 aromatic carbocycles. The highest BCUT2D eigenvalue weighted by atomic mass is 16.3. The number of pyridine rings is 1. The molecule has 4 heteroatoms. The predicted molar refractivity (Wildman–Crippen MR) is 61.3 cm³/mol. The maximum atomic E-state index is 5.52. The van der Waals surface area contributed by atoms with E-state index in [2.05, 4.69) is 10.4 Å². The van der Waals surface area contributed by atoms with Crippen LogP contribution in [0, 0.1) is 0 Å². The monoisotopic (exact) mass is 217 g/mol. The molecular weight excluding hydrogens is 202 g/mol. The zero-order valence-electron chi connectivity index (χ0n) is 8.97. The quantitative estimate of drug-likeness (QED) is 0.592. The van der Waals surface area contributed by atoms with E-state index < -0.39 is 0 Å². The molecule has 0 spiro atoms. The number of nitrogens with one attached hydrogen (secondary N) is 1. The van der Waals surface area contributed by atoms with E-state index in [1.807, 2.05) is 18.2 Å². The first kappa shape index (κ1) is 10.9. The molecule has 0 saturated heterocycles. The van der Waals surface area contributed by atoms with Gasteiger partial charge in [0, 0.05) is 24.0 Å². The molecule has 4 nitrogen and oxygen atoms in total. The fourth-order valence-electron chi connectivity index (χ4n) is 1.68. The van der Waals surface area contributed by atoms with E-state index in [1.54, 1.807) is 24.9 Å². The molecule has 1 unspecified atom stereocenters. The van der Waals surface area contributed by atoms with Crippen LogP contribution in [0.2, 0.25) is 0 Å². The Kier molecular flexibility index (Phi) is 3.69. The zero-order chi connectivity index (χ0) is 11.2. The van der Waals surface area contributed by atoms with Gasteiger partial charge in [0.1, 0.15) is 0 Å². The predicted octanol–water partition coefficient (Wildman–Crippen LogP) is 1.81. The number of nitrogens with zero attached hydrogens (tertiary/aromatic N) is 1. The number of furan rings is 1. The molecule has 2 heterocycles. The molecule has 84 valence electrons. The van der Waals surface area contributed by atoms with Gasteiger partial charge in [-0.3, -0.25) is 16.3 Å². The topological polar surface area (TPSA) is 64.1 Å². The minimum absolute atomic E-state index is 0.131. The van der Waals surface area contributed by atoms with Crippen LogP contribution in [0.5, 0.6) is 0 Å². The van der Waals surface area contributed by atoms with Gasteiger partial charge in [0.05, 0.1) is 12.5 Å². The SMILES string of the molecule is NNC(CCc1ccncc1)c1ccoc1. The Morgan fingerprint density at radius 2 is 2.12 bits per heavy atom. The first-order valence-electron chi connectivity index (χ1n) is 5.27. The standard InChI is InChI=1S/C12H15N3O/c13-15-12(11-5-8-16-9-11)2-1-10-3-6-14-7-4-10/h3-9,12,15H,1-2,13H2. The second-order valence-corrected chi connectivity index (χ2v) is 3.67. The number of hydrogen-bond donors (Lipinski definition) is 2. The third-order valence-corrected chi connectivity index (χ3v) is 2.62. The number of hydrazine groups is 1. The van der Waals surface area contributed by atoms with Crippen molar-refractivity contribution >= 4 is 0 Å². The number of rotatable bonds is 5. The van der Waals surface area contributed by atoms with Crippen molar-refractivity contribution in [2.75, 3.05) is 0 Å². The summed E-state index contributed by atoms with van der Waals surface area (Å²) in [6.07, 6.45) is 8.88. The van der Waals surface area contributed by atoms with Crippen molar-refractivity contribution in [3.05, 3.63) is 54.2 Å². The van der Waals surface area contributed by atoms with Crippen LogP contribution in [0.25, 0.3) is 0 Å². The van der Waals surface area contributed by atoms with Gasteiger partial charge in [0.25, 0.3) is 0 Å². The Morgan fingerprint density at radius 3 is 2.75 bits per heavy atom. The van der Waals surface area contributed by atoms with E-state index in [1.165, 1.54) is 5.56 Å². The van der Waals surface area contributed by atoms with Gasteiger partial charge in [-0.2, -0.15) is 0 Å². The second kappa shape index (κ2) is 5.44. The third kappa shape index (κ3) is 2.68. The van der Waals surface area contributed by atoms with Crippen LogP contribution in [0.4, 0.5) is 0 Å². The smallest absolute Gasteiger partial charge is 0.0950 e. The lowest BCUT2D eigenvalue weighted by molar-refractivity contribution is 0.501. The lowest BCUT2D eigenvalue weighted by Crippen LogP contribution is -2.28. The Morgan fingerprint density at radius 1 is 1.31 bits per heavy atom. The van der Waals surface area contributed by atoms with E-state index in [4.69, 9.17) is 10.3 Å². The van der Waals surface area contributed by atoms with E-state index in [9.17, 15) is 0 Å². The molecule has 0 aliphatic heterocycles. The van der Waals surface area contributed by atoms with Gasteiger partial charge in [-0.25, -0.2) is 0 Å². The maximum Gasteiger partial charge on any atom is 0.0950 e. The third-order valence-electron chi connectivity index (χ3n) is 2.62. The molecule has 0 bridgehead atoms. The van der Waals surface area contributed by atoms with Gasteiger partial charge >= 0.3 is 0 Å². The molecule has 2 rings (SSSR count). The fraction of sp³-hybridized carbons (Fsp3) is 0.250. The van der Waals surface area contributed by atoms with Crippen LogP contribution in [0.1, 0.15) is 23.6 Å². The van der Waals surface area contributed by atoms with E-state index in [-0.39, 0.29) is 6.04 Å². The summed E-state index contributed by atoms with van der Waals surface area (Å²) in [6, 6.07) is 6.09. The van der Waals surface area contributed by atoms with Crippen LogP contribution in [0.15, 0.2) is 47.5 Å². The summed E-state index contributed by atoms with van der Waals surface area (Å²) in [4.78, 5) is 3.99. The largest absolute Gasteiger partial charge is 0.472 e. The molecule has 0 aliphatic rings. The zero-order valence-corrected chi connectivity index (χ0v) is 8.97. The molecule has 0 saturated carbocycles. The van der Waals surface area contributed by atoms with Gasteiger partial charge in [0.15, 0.2) is 0 Å². The van der Waals surface area contributed by atoms with Gasteiger partial charge in [-0.15, -0.1) is 0 Å². The van der Waals surface area contributed by atoms with Crippen LogP contribution >= 0.6 is 0 Å². The lowest BCUT2D eigenvalue weighted by atomic mass is 10.0. The van der Waals surface area contributed by atoms with Crippen LogP contribution in [-0.4, -0.2) is 4.98 Å². The first-order chi connectivity index (χ1) is 7.90. The maximum absolute atomic E-state index is 5.52. The number of aromatic nitrogens is 1. The average Bonchev–Trinajstić information content (AvgIpc) is 2.85. The van der Waals surface area contributed by atoms with Gasteiger partial charge < -0.3 is 4.42 Å². The molecule has 3 N–H and O–H groups in total. The molecule has 2 aromatic heterocycles. The Balaban J connectivity index is 1.94. The van der Waals surface area contributed by atoms with Crippen LogP contribution in [-0.2, 0) is 6.42 Å². The minimum atomic E-state index is 0.131. The summed E-state index contributed by atoms with van der Waals surface area (Å²) in [5.74, 6) is 5.52. The molecular formula is C12H15N3O. The molecule has 0 aliphatic carbocycles. The van der Waals surface area contributed by atoms with Crippen LogP contribution in [0.3, 0.4) is 0 Å². The lowest BCUT2D eigenvalue weighted by Gasteiger charge is -2.13. The summed E-state index contributed by atoms with van der Waals surface area (Å²) in [7, 11) is 0. The van der Waals surface area contributed by atoms with Crippen LogP contribution < -0.4 is 11.3 Å². The summed E-state index contributed by atoms with van der Waals surface area (Å²) in [5, 5.41) is 0. The van der Waals surface area contributed by atoms with Crippen molar-refractivity contribution in [2.45, 2.75) is 18.9 Å². The first-order valence-corrected chi connectivity index (χ1v) is 5.27. The average molecular weight is 217 g/mol. The van der Waals surface area contributed by atoms with Gasteiger partial charge in [0.2, 0.25) is 0 Å². The molecule has 0 fully saturated rings. The van der Waals surface area contributed by atoms with E-state index >= 15 is 0 Å². The molecule has 0 radical (unpaired) electrons. The highest BCUT2D eigenvalue weighted by Gasteiger charge is 2.10. The number of aryl methyl sites for hydroxylation is 1. The molecule has 16 heavy (non-hydrogen) atoms. The summed E-state index contributed by atoms with van der Waals surface area (Å²) < 4.78 is 5.04. The van der Waals surface area contributed by atoms with Crippen molar-refractivity contribution < 1.29 is 4.42 Å². The molecule has 2 aromatic rings. The summed E-state index contributed by atoms with van der Waals surface area (Å²) in [6.45, 7) is 0. The van der Waals surface area contributed by atoms with Crippen molar-refractivity contribution in [3.63, 3.8) is 0 Å². The van der Waals surface area contributed by atoms with E-state index in [0.717, 1.165) is 18.4 Å². The Bertz CT molecular complexity index is 399. The minimum Gasteiger partial charge on any atom is -0.472 e. The fourth-order valence-corrected chi connectivity index (χ4v) is 1.68. The van der Waals surface area contributed by atoms with Gasteiger partial charge in [-0.05, 0) is 36.6 Å². The molecule has 0 amide bonds. The Hall–Kier alpha value is -1.65. The van der Waals surface area contributed by atoms with Crippen molar-refractivity contribution in [2.24, 2.45) is 5.84 Å². The second-order valence-electron chi connectivity index (χ2n) is 3.67. The highest BCUT2D eigenvalue weighted by Crippen LogP contribution is 2.18. The van der Waals surface area contributed by atoms with Crippen molar-refractivity contribution in [3.8, 4) is 0 Å². The summed E-state index contributed by atoms with van der Waals surface area (Å²) in [5.41, 5.74) is 5.14. The number of nitrogens with two attached hydrogens (primary N) is 1. The molecule has 1 atom stereocenters. The normalized spacial score (nSPS) is 12.6. The highest BCUT2D eigenvalue weighted by molar-refractivity contribution is 5.14. The van der Waals surface area contributed by atoms with Crippen molar-refractivity contribution in [1.82, 2.24) is 10.4 Å². The number of hydrogen-bond acceptors (Lipinski definition) is 4. The van der Waals surface area contributed by atoms with Crippen molar-refractivity contribution in [1.29, 1.82) is 0 Å².